The highest BCUT2D eigenvalue weighted by molar-refractivity contribution is 5.75. The van der Waals surface area contributed by atoms with Crippen molar-refractivity contribution in [3.8, 4) is 11.5 Å². The standard InChI is InChI=1S/C19H24N2O4.C12H22O11/c1-13(9-14-3-6-16(25-2)7-4-14)20-11-19(24)15-5-8-18(23)17(10-15)21-12-22;13-1-3-5(15)6(16)9(19)12(22-3)23-10-4(2-14)21-11(20)8(18)7(10)17/h3-8,10,12-13,19-20,23-24H,9,11H2,1-2H3,(H,21,22);3-20H,1-2H2/t13-,19+;3-,4-,5+,6+,7-,8-,9-,10-,11-,12+/m11/s1. The van der Waals surface area contributed by atoms with E-state index in [-0.39, 0.29) is 17.5 Å². The van der Waals surface area contributed by atoms with Crippen molar-refractivity contribution in [1.82, 2.24) is 5.32 Å². The van der Waals surface area contributed by atoms with E-state index in [0.29, 0.717) is 18.5 Å². The molecule has 12 atom stereocenters. The molecule has 2 aliphatic heterocycles. The SMILES string of the molecule is COc1ccc(C[C@@H](C)NC[C@H](O)c2ccc(O)c(NC=O)c2)cc1.OC[C@H]1O[C@@H](O[C@H]2[C@H](O)[C@@H](O)[C@H](O)O[C@@H]2CO)[C@H](O)[C@@H](O)[C@H]1O. The Morgan fingerprint density at radius 1 is 0.875 bits per heavy atom. The normalized spacial score (nSPS) is 31.6. The molecule has 0 bridgehead atoms. The van der Waals surface area contributed by atoms with Crippen molar-refractivity contribution in [1.29, 1.82) is 0 Å². The predicted octanol–water partition coefficient (Wildman–Crippen LogP) is -3.17. The first kappa shape index (κ1) is 39.4. The molecule has 0 saturated carbocycles. The number of methoxy groups -OCH3 is 1. The molecule has 0 aliphatic carbocycles. The third kappa shape index (κ3) is 10.3. The minimum Gasteiger partial charge on any atom is -0.506 e. The van der Waals surface area contributed by atoms with E-state index in [9.17, 15) is 50.8 Å². The van der Waals surface area contributed by atoms with Crippen LogP contribution in [0.25, 0.3) is 0 Å². The molecule has 4 rings (SSSR count). The molecule has 12 N–H and O–H groups in total. The Morgan fingerprint density at radius 2 is 1.54 bits per heavy atom. The summed E-state index contributed by atoms with van der Waals surface area (Å²) in [6.45, 7) is 1.07. The minimum atomic E-state index is -1.74. The maximum atomic E-state index is 10.5. The van der Waals surface area contributed by atoms with Crippen LogP contribution < -0.4 is 15.4 Å². The maximum absolute atomic E-state index is 10.5. The second kappa shape index (κ2) is 18.7. The van der Waals surface area contributed by atoms with E-state index in [1.807, 2.05) is 31.2 Å². The number of aromatic hydroxyl groups is 1. The van der Waals surface area contributed by atoms with Crippen molar-refractivity contribution >= 4 is 12.1 Å². The number of nitrogens with one attached hydrogen (secondary N) is 2. The summed E-state index contributed by atoms with van der Waals surface area (Å²) < 4.78 is 20.4. The van der Waals surface area contributed by atoms with Crippen molar-refractivity contribution in [2.45, 2.75) is 86.9 Å². The Morgan fingerprint density at radius 3 is 2.15 bits per heavy atom. The van der Waals surface area contributed by atoms with E-state index in [1.54, 1.807) is 19.2 Å². The number of carbonyl (C=O) groups excluding carboxylic acids is 1. The fraction of sp³-hybridized carbons (Fsp3) is 0.581. The molecule has 2 aromatic rings. The van der Waals surface area contributed by atoms with Crippen LogP contribution in [0, 0.1) is 0 Å². The zero-order valence-corrected chi connectivity index (χ0v) is 26.4. The van der Waals surface area contributed by atoms with Crippen molar-refractivity contribution < 1.29 is 74.8 Å². The highest BCUT2D eigenvalue weighted by atomic mass is 16.7. The molecule has 48 heavy (non-hydrogen) atoms. The molecule has 2 saturated heterocycles. The molecule has 2 heterocycles. The van der Waals surface area contributed by atoms with E-state index in [1.165, 1.54) is 11.6 Å². The summed E-state index contributed by atoms with van der Waals surface area (Å²) in [5, 5.41) is 102. The van der Waals surface area contributed by atoms with Gasteiger partial charge in [-0.15, -0.1) is 0 Å². The summed E-state index contributed by atoms with van der Waals surface area (Å²) in [7, 11) is 1.64. The van der Waals surface area contributed by atoms with Gasteiger partial charge in [-0.05, 0) is 48.7 Å². The van der Waals surface area contributed by atoms with Gasteiger partial charge in [-0.2, -0.15) is 0 Å². The molecule has 0 aromatic heterocycles. The number of phenols is 1. The van der Waals surface area contributed by atoms with Crippen molar-refractivity contribution in [3.05, 3.63) is 53.6 Å². The molecule has 270 valence electrons. The number of phenolic OH excluding ortho intramolecular Hbond substituents is 1. The lowest BCUT2D eigenvalue weighted by Gasteiger charge is -2.45. The van der Waals surface area contributed by atoms with E-state index in [2.05, 4.69) is 10.6 Å². The van der Waals surface area contributed by atoms with E-state index in [0.717, 1.165) is 12.2 Å². The van der Waals surface area contributed by atoms with Crippen LogP contribution in [0.15, 0.2) is 42.5 Å². The van der Waals surface area contributed by atoms with Crippen molar-refractivity contribution in [2.24, 2.45) is 0 Å². The molecule has 0 spiro atoms. The molecular formula is C31H46N2O15. The number of amides is 1. The first-order valence-electron chi connectivity index (χ1n) is 15.2. The van der Waals surface area contributed by atoms with Crippen molar-refractivity contribution in [3.63, 3.8) is 0 Å². The Kier molecular flexibility index (Phi) is 15.3. The fourth-order valence-corrected chi connectivity index (χ4v) is 5.13. The van der Waals surface area contributed by atoms with E-state index < -0.39 is 80.7 Å². The molecule has 2 aromatic carbocycles. The molecule has 17 heteroatoms. The average molecular weight is 687 g/mol. The number of hydrogen-bond donors (Lipinski definition) is 12. The monoisotopic (exact) mass is 686 g/mol. The van der Waals surface area contributed by atoms with Crippen LogP contribution in [0.1, 0.15) is 24.2 Å². The van der Waals surface area contributed by atoms with Gasteiger partial charge in [0.15, 0.2) is 12.6 Å². The molecule has 17 nitrogen and oxygen atoms in total. The van der Waals surface area contributed by atoms with Crippen LogP contribution in [0.2, 0.25) is 0 Å². The highest BCUT2D eigenvalue weighted by Crippen LogP contribution is 2.29. The summed E-state index contributed by atoms with van der Waals surface area (Å²) in [5.74, 6) is 0.788. The number of benzene rings is 2. The van der Waals surface area contributed by atoms with Crippen LogP contribution >= 0.6 is 0 Å². The predicted molar refractivity (Wildman–Crippen MR) is 166 cm³/mol. The third-order valence-electron chi connectivity index (χ3n) is 7.96. The van der Waals surface area contributed by atoms with E-state index in [4.69, 9.17) is 24.1 Å². The summed E-state index contributed by atoms with van der Waals surface area (Å²) >= 11 is 0. The molecule has 2 fully saturated rings. The lowest BCUT2D eigenvalue weighted by atomic mass is 9.97. The van der Waals surface area contributed by atoms with Gasteiger partial charge >= 0.3 is 0 Å². The summed E-state index contributed by atoms with van der Waals surface area (Å²) in [4.78, 5) is 10.5. The number of carbonyl (C=O) groups is 1. The van der Waals surface area contributed by atoms with Gasteiger partial charge in [0, 0.05) is 12.6 Å². The largest absolute Gasteiger partial charge is 0.506 e. The molecule has 0 unspecified atom stereocenters. The second-order valence-corrected chi connectivity index (χ2v) is 11.4. The average Bonchev–Trinajstić information content (AvgIpc) is 3.09. The first-order chi connectivity index (χ1) is 22.8. The van der Waals surface area contributed by atoms with Crippen LogP contribution in [0.3, 0.4) is 0 Å². The molecule has 1 amide bonds. The first-order valence-corrected chi connectivity index (χ1v) is 15.2. The fourth-order valence-electron chi connectivity index (χ4n) is 5.13. The number of anilines is 1. The number of hydrogen-bond acceptors (Lipinski definition) is 16. The van der Waals surface area contributed by atoms with Crippen LogP contribution in [-0.4, -0.2) is 152 Å². The number of aliphatic hydroxyl groups excluding tert-OH is 9. The van der Waals surface area contributed by atoms with Crippen LogP contribution in [-0.2, 0) is 25.4 Å². The van der Waals surface area contributed by atoms with Crippen LogP contribution in [0.5, 0.6) is 11.5 Å². The Balaban J connectivity index is 0.000000261. The smallest absolute Gasteiger partial charge is 0.211 e. The molecular weight excluding hydrogens is 640 g/mol. The van der Waals surface area contributed by atoms with Crippen molar-refractivity contribution in [2.75, 3.05) is 32.2 Å². The van der Waals surface area contributed by atoms with Gasteiger partial charge in [0.25, 0.3) is 0 Å². The highest BCUT2D eigenvalue weighted by Gasteiger charge is 2.50. The molecule has 0 radical (unpaired) electrons. The van der Waals surface area contributed by atoms with Gasteiger partial charge in [-0.25, -0.2) is 0 Å². The van der Waals surface area contributed by atoms with Gasteiger partial charge in [-0.3, -0.25) is 4.79 Å². The number of rotatable bonds is 13. The number of ether oxygens (including phenoxy) is 4. The maximum Gasteiger partial charge on any atom is 0.211 e. The Hall–Kier alpha value is -3.01. The van der Waals surface area contributed by atoms with Gasteiger partial charge in [0.05, 0.1) is 32.1 Å². The van der Waals surface area contributed by atoms with Gasteiger partial charge in [-0.1, -0.05) is 18.2 Å². The zero-order chi connectivity index (χ0) is 35.5. The lowest BCUT2D eigenvalue weighted by Crippen LogP contribution is -2.64. The van der Waals surface area contributed by atoms with E-state index >= 15 is 0 Å². The van der Waals surface area contributed by atoms with Gasteiger partial charge in [0.1, 0.15) is 60.3 Å². The topological polar surface area (TPSA) is 280 Å². The quantitative estimate of drug-likeness (QED) is 0.0731. The third-order valence-corrected chi connectivity index (χ3v) is 7.96. The Bertz CT molecular complexity index is 1250. The second-order valence-electron chi connectivity index (χ2n) is 11.4. The summed E-state index contributed by atoms with van der Waals surface area (Å²) in [5.41, 5.74) is 2.07. The zero-order valence-electron chi connectivity index (χ0n) is 26.4. The summed E-state index contributed by atoms with van der Waals surface area (Å²) in [6.07, 6.45) is -15.0. The van der Waals surface area contributed by atoms with Gasteiger partial charge < -0.3 is 80.6 Å². The minimum absolute atomic E-state index is 0.0381. The summed E-state index contributed by atoms with van der Waals surface area (Å²) in [6, 6.07) is 12.7. The Labute approximate surface area is 276 Å². The van der Waals surface area contributed by atoms with Crippen LogP contribution in [0.4, 0.5) is 5.69 Å². The molecule has 2 aliphatic rings. The lowest BCUT2D eigenvalue weighted by molar-refractivity contribution is -0.355. The van der Waals surface area contributed by atoms with Gasteiger partial charge in [0.2, 0.25) is 6.41 Å². The number of aliphatic hydroxyl groups is 9.